The predicted octanol–water partition coefficient (Wildman–Crippen LogP) is 3.20. The second kappa shape index (κ2) is 5.72. The van der Waals surface area contributed by atoms with E-state index in [4.69, 9.17) is 0 Å². The van der Waals surface area contributed by atoms with Crippen molar-refractivity contribution in [2.45, 2.75) is 19.3 Å². The van der Waals surface area contributed by atoms with Crippen LogP contribution in [-0.4, -0.2) is 0 Å². The van der Waals surface area contributed by atoms with Crippen LogP contribution in [0.5, 0.6) is 0 Å². The van der Waals surface area contributed by atoms with Gasteiger partial charge in [0, 0.05) is 0 Å². The summed E-state index contributed by atoms with van der Waals surface area (Å²) in [5.41, 5.74) is 0. The van der Waals surface area contributed by atoms with Gasteiger partial charge in [0.1, 0.15) is 0 Å². The normalized spacial score (nSPS) is 18.2. The summed E-state index contributed by atoms with van der Waals surface area (Å²) >= 11 is 0. The highest BCUT2D eigenvalue weighted by Crippen LogP contribution is 1.95. The SMILES string of the molecule is [C]1=CC=CCC=CCC=CC1. The smallest absolute Gasteiger partial charge is 0.00945 e. The maximum Gasteiger partial charge on any atom is -0.00945 e. The molecule has 11 heavy (non-hydrogen) atoms. The van der Waals surface area contributed by atoms with E-state index >= 15 is 0 Å². The van der Waals surface area contributed by atoms with Gasteiger partial charge in [0.15, 0.2) is 0 Å². The van der Waals surface area contributed by atoms with Crippen molar-refractivity contribution in [3.63, 3.8) is 0 Å². The Morgan fingerprint density at radius 3 is 2.45 bits per heavy atom. The molecule has 0 aromatic heterocycles. The Balaban J connectivity index is 2.47. The van der Waals surface area contributed by atoms with Gasteiger partial charge in [0.25, 0.3) is 0 Å². The highest BCUT2D eigenvalue weighted by Gasteiger charge is 1.75. The van der Waals surface area contributed by atoms with Crippen molar-refractivity contribution < 1.29 is 0 Å². The summed E-state index contributed by atoms with van der Waals surface area (Å²) in [6.45, 7) is 0. The van der Waals surface area contributed by atoms with Gasteiger partial charge >= 0.3 is 0 Å². The standard InChI is InChI=1S/C11H13/c1-2-4-6-8-10-11-9-7-5-3-1/h1-3,6,8-9,11H,4,7,10H2. The monoisotopic (exact) mass is 145 g/mol. The van der Waals surface area contributed by atoms with Crippen molar-refractivity contribution in [2.24, 2.45) is 0 Å². The highest BCUT2D eigenvalue weighted by atomic mass is 13.8. The molecule has 0 unspecified atom stereocenters. The minimum atomic E-state index is 0.929. The molecule has 0 fully saturated rings. The molecule has 0 amide bonds. The molecule has 0 saturated carbocycles. The van der Waals surface area contributed by atoms with E-state index in [1.807, 2.05) is 12.2 Å². The molecule has 1 rings (SSSR count). The minimum Gasteiger partial charge on any atom is -0.0844 e. The van der Waals surface area contributed by atoms with Gasteiger partial charge in [-0.2, -0.15) is 0 Å². The third-order valence-electron chi connectivity index (χ3n) is 1.46. The van der Waals surface area contributed by atoms with Gasteiger partial charge in [-0.25, -0.2) is 0 Å². The Morgan fingerprint density at radius 2 is 1.55 bits per heavy atom. The summed E-state index contributed by atoms with van der Waals surface area (Å²) < 4.78 is 0. The fourth-order valence-electron chi connectivity index (χ4n) is 0.880. The summed E-state index contributed by atoms with van der Waals surface area (Å²) in [5.74, 6) is 0. The number of allylic oxidation sites excluding steroid dienone is 8. The van der Waals surface area contributed by atoms with Crippen LogP contribution in [0.25, 0.3) is 0 Å². The Labute approximate surface area is 68.6 Å². The van der Waals surface area contributed by atoms with Crippen molar-refractivity contribution >= 4 is 0 Å². The first kappa shape index (κ1) is 8.06. The molecule has 0 aromatic carbocycles. The topological polar surface area (TPSA) is 0 Å². The van der Waals surface area contributed by atoms with E-state index in [0.717, 1.165) is 19.3 Å². The lowest BCUT2D eigenvalue weighted by Gasteiger charge is -1.80. The van der Waals surface area contributed by atoms with Crippen molar-refractivity contribution in [3.8, 4) is 0 Å². The third kappa shape index (κ3) is 4.38. The molecule has 1 aliphatic carbocycles. The second-order valence-corrected chi connectivity index (χ2v) is 2.42. The lowest BCUT2D eigenvalue weighted by atomic mass is 10.3. The second-order valence-electron chi connectivity index (χ2n) is 2.42. The van der Waals surface area contributed by atoms with E-state index in [1.165, 1.54) is 0 Å². The minimum absolute atomic E-state index is 0.929. The molecule has 1 aliphatic rings. The average Bonchev–Trinajstić information content (AvgIpc) is 2.08. The van der Waals surface area contributed by atoms with Crippen molar-refractivity contribution in [2.75, 3.05) is 0 Å². The van der Waals surface area contributed by atoms with E-state index in [-0.39, 0.29) is 0 Å². The van der Waals surface area contributed by atoms with Crippen LogP contribution in [0.3, 0.4) is 0 Å². The van der Waals surface area contributed by atoms with Crippen LogP contribution in [0.4, 0.5) is 0 Å². The van der Waals surface area contributed by atoms with Crippen LogP contribution in [-0.2, 0) is 0 Å². The zero-order valence-corrected chi connectivity index (χ0v) is 6.66. The first-order chi connectivity index (χ1) is 5.50. The largest absolute Gasteiger partial charge is 0.0844 e. The van der Waals surface area contributed by atoms with Crippen molar-refractivity contribution in [1.29, 1.82) is 0 Å². The fourth-order valence-corrected chi connectivity index (χ4v) is 0.880. The highest BCUT2D eigenvalue weighted by molar-refractivity contribution is 5.06. The Hall–Kier alpha value is -1.04. The fraction of sp³-hybridized carbons (Fsp3) is 0.273. The quantitative estimate of drug-likeness (QED) is 0.459. The van der Waals surface area contributed by atoms with Crippen molar-refractivity contribution in [3.05, 3.63) is 48.6 Å². The summed E-state index contributed by atoms with van der Waals surface area (Å²) in [5, 5.41) is 0. The van der Waals surface area contributed by atoms with Gasteiger partial charge in [-0.1, -0.05) is 42.5 Å². The molecule has 0 atom stereocenters. The van der Waals surface area contributed by atoms with Crippen LogP contribution in [0.1, 0.15) is 19.3 Å². The van der Waals surface area contributed by atoms with Crippen LogP contribution in [0.15, 0.2) is 42.5 Å². The molecular formula is C11H13. The molecule has 0 aromatic rings. The van der Waals surface area contributed by atoms with E-state index in [1.54, 1.807) is 0 Å². The zero-order valence-electron chi connectivity index (χ0n) is 6.66. The molecule has 0 nitrogen and oxygen atoms in total. The summed E-state index contributed by atoms with van der Waals surface area (Å²) in [4.78, 5) is 0. The summed E-state index contributed by atoms with van der Waals surface area (Å²) in [7, 11) is 0. The molecule has 0 aliphatic heterocycles. The van der Waals surface area contributed by atoms with Gasteiger partial charge in [-0.05, 0) is 25.3 Å². The van der Waals surface area contributed by atoms with Gasteiger partial charge < -0.3 is 0 Å². The van der Waals surface area contributed by atoms with Gasteiger partial charge in [-0.3, -0.25) is 0 Å². The Bertz CT molecular complexity index is 170. The molecule has 0 heterocycles. The number of hydrogen-bond acceptors (Lipinski definition) is 0. The van der Waals surface area contributed by atoms with Crippen LogP contribution >= 0.6 is 0 Å². The lowest BCUT2D eigenvalue weighted by Crippen LogP contribution is -1.60. The number of hydrogen-bond donors (Lipinski definition) is 0. The summed E-state index contributed by atoms with van der Waals surface area (Å²) in [6, 6.07) is 0. The molecule has 0 saturated heterocycles. The van der Waals surface area contributed by atoms with Gasteiger partial charge in [0.2, 0.25) is 0 Å². The third-order valence-corrected chi connectivity index (χ3v) is 1.46. The molecule has 0 bridgehead atoms. The first-order valence-electron chi connectivity index (χ1n) is 4.02. The zero-order chi connectivity index (χ0) is 7.78. The Kier molecular flexibility index (Phi) is 4.19. The maximum absolute atomic E-state index is 3.16. The van der Waals surface area contributed by atoms with Crippen molar-refractivity contribution in [1.82, 2.24) is 0 Å². The van der Waals surface area contributed by atoms with Crippen LogP contribution in [0.2, 0.25) is 0 Å². The van der Waals surface area contributed by atoms with Crippen LogP contribution < -0.4 is 0 Å². The summed E-state index contributed by atoms with van der Waals surface area (Å²) in [6.07, 6.45) is 21.0. The lowest BCUT2D eigenvalue weighted by molar-refractivity contribution is 1.27. The molecule has 1 radical (unpaired) electrons. The molecule has 0 heteroatoms. The van der Waals surface area contributed by atoms with Gasteiger partial charge in [0.05, 0.1) is 0 Å². The predicted molar refractivity (Wildman–Crippen MR) is 49.1 cm³/mol. The van der Waals surface area contributed by atoms with E-state index in [9.17, 15) is 0 Å². The Morgan fingerprint density at radius 1 is 0.818 bits per heavy atom. The van der Waals surface area contributed by atoms with E-state index in [2.05, 4.69) is 36.5 Å². The van der Waals surface area contributed by atoms with Crippen LogP contribution in [0, 0.1) is 6.08 Å². The average molecular weight is 145 g/mol. The van der Waals surface area contributed by atoms with Gasteiger partial charge in [-0.15, -0.1) is 0 Å². The molecule has 0 N–H and O–H groups in total. The molecule has 0 spiro atoms. The molecular weight excluding hydrogens is 132 g/mol. The number of rotatable bonds is 0. The van der Waals surface area contributed by atoms with E-state index < -0.39 is 0 Å². The first-order valence-corrected chi connectivity index (χ1v) is 4.02. The maximum atomic E-state index is 3.16. The molecule has 57 valence electrons. The van der Waals surface area contributed by atoms with E-state index in [0.29, 0.717) is 0 Å².